The quantitative estimate of drug-likeness (QED) is 0.808. The molecule has 90 valence electrons. The fraction of sp³-hybridized carbons (Fsp3) is 0.462. The Labute approximate surface area is 99.9 Å². The highest BCUT2D eigenvalue weighted by Crippen LogP contribution is 2.23. The number of likely N-dealkylation sites (tertiary alicyclic amines) is 1. The molecule has 1 saturated heterocycles. The van der Waals surface area contributed by atoms with Crippen LogP contribution in [0.4, 0.5) is 0 Å². The van der Waals surface area contributed by atoms with Gasteiger partial charge in [-0.1, -0.05) is 6.07 Å². The van der Waals surface area contributed by atoms with Crippen molar-refractivity contribution in [3.05, 3.63) is 34.2 Å². The van der Waals surface area contributed by atoms with Crippen LogP contribution in [0.3, 0.4) is 0 Å². The second-order valence-corrected chi connectivity index (χ2v) is 5.03. The van der Waals surface area contributed by atoms with Crippen molar-refractivity contribution in [1.29, 1.82) is 0 Å². The molecule has 0 spiro atoms. The molecule has 1 aliphatic heterocycles. The van der Waals surface area contributed by atoms with Crippen LogP contribution in [0.5, 0.6) is 0 Å². The van der Waals surface area contributed by atoms with Gasteiger partial charge in [0.25, 0.3) is 0 Å². The number of fused-ring (bicyclic) bond motifs is 1. The normalized spacial score (nSPS) is 21.4. The van der Waals surface area contributed by atoms with Gasteiger partial charge in [-0.25, -0.2) is 4.79 Å². The summed E-state index contributed by atoms with van der Waals surface area (Å²) >= 11 is 0. The van der Waals surface area contributed by atoms with Crippen LogP contribution >= 0.6 is 0 Å². The van der Waals surface area contributed by atoms with E-state index in [0.29, 0.717) is 6.04 Å². The van der Waals surface area contributed by atoms with Gasteiger partial charge in [0.2, 0.25) is 0 Å². The number of aromatic nitrogens is 2. The van der Waals surface area contributed by atoms with Crippen molar-refractivity contribution in [2.45, 2.75) is 19.4 Å². The SMILES string of the molecule is Cc1ccc2[nH]c(=O)n(C3CCN(C)C3)c2c1. The van der Waals surface area contributed by atoms with E-state index in [2.05, 4.69) is 29.9 Å². The molecule has 0 saturated carbocycles. The Morgan fingerprint density at radius 2 is 2.24 bits per heavy atom. The van der Waals surface area contributed by atoms with Crippen LogP contribution in [0.2, 0.25) is 0 Å². The first kappa shape index (κ1) is 10.6. The number of rotatable bonds is 1. The molecule has 4 nitrogen and oxygen atoms in total. The Morgan fingerprint density at radius 1 is 1.41 bits per heavy atom. The minimum atomic E-state index is 0.0194. The van der Waals surface area contributed by atoms with Crippen LogP contribution in [0.25, 0.3) is 11.0 Å². The highest BCUT2D eigenvalue weighted by molar-refractivity contribution is 5.76. The van der Waals surface area contributed by atoms with Gasteiger partial charge < -0.3 is 9.88 Å². The summed E-state index contributed by atoms with van der Waals surface area (Å²) in [6.45, 7) is 4.08. The zero-order chi connectivity index (χ0) is 12.0. The van der Waals surface area contributed by atoms with Gasteiger partial charge in [-0.15, -0.1) is 0 Å². The van der Waals surface area contributed by atoms with Gasteiger partial charge in [0, 0.05) is 6.54 Å². The Morgan fingerprint density at radius 3 is 2.94 bits per heavy atom. The number of aryl methyl sites for hydroxylation is 1. The molecule has 0 radical (unpaired) electrons. The second kappa shape index (κ2) is 3.74. The maximum atomic E-state index is 12.0. The van der Waals surface area contributed by atoms with Gasteiger partial charge in [0.1, 0.15) is 0 Å². The Bertz CT molecular complexity index is 611. The van der Waals surface area contributed by atoms with E-state index in [9.17, 15) is 4.79 Å². The van der Waals surface area contributed by atoms with Gasteiger partial charge in [-0.2, -0.15) is 0 Å². The number of benzene rings is 1. The third kappa shape index (κ3) is 1.69. The van der Waals surface area contributed by atoms with Crippen LogP contribution in [0, 0.1) is 6.92 Å². The molecule has 1 atom stereocenters. The summed E-state index contributed by atoms with van der Waals surface area (Å²) in [7, 11) is 2.10. The Balaban J connectivity index is 2.17. The van der Waals surface area contributed by atoms with Crippen molar-refractivity contribution >= 4 is 11.0 Å². The smallest absolute Gasteiger partial charge is 0.306 e. The molecule has 1 unspecified atom stereocenters. The van der Waals surface area contributed by atoms with Gasteiger partial charge in [-0.3, -0.25) is 4.57 Å². The zero-order valence-electron chi connectivity index (χ0n) is 10.2. The first-order chi connectivity index (χ1) is 8.15. The highest BCUT2D eigenvalue weighted by Gasteiger charge is 2.24. The summed E-state index contributed by atoms with van der Waals surface area (Å²) in [4.78, 5) is 17.2. The molecule has 2 aromatic rings. The molecule has 0 aliphatic carbocycles. The maximum Gasteiger partial charge on any atom is 0.326 e. The molecule has 1 fully saturated rings. The molecule has 0 bridgehead atoms. The lowest BCUT2D eigenvalue weighted by atomic mass is 10.2. The van der Waals surface area contributed by atoms with Crippen LogP contribution in [-0.2, 0) is 0 Å². The van der Waals surface area contributed by atoms with Crippen LogP contribution < -0.4 is 5.69 Å². The minimum Gasteiger partial charge on any atom is -0.306 e. The summed E-state index contributed by atoms with van der Waals surface area (Å²) in [5.41, 5.74) is 3.19. The number of hydrogen-bond acceptors (Lipinski definition) is 2. The van der Waals surface area contributed by atoms with E-state index in [0.717, 1.165) is 30.5 Å². The fourth-order valence-corrected chi connectivity index (χ4v) is 2.72. The Kier molecular flexibility index (Phi) is 2.33. The average molecular weight is 231 g/mol. The van der Waals surface area contributed by atoms with E-state index in [1.807, 2.05) is 16.7 Å². The first-order valence-corrected chi connectivity index (χ1v) is 6.04. The third-order valence-electron chi connectivity index (χ3n) is 3.60. The molecule has 0 amide bonds. The summed E-state index contributed by atoms with van der Waals surface area (Å²) in [5.74, 6) is 0. The highest BCUT2D eigenvalue weighted by atomic mass is 16.1. The van der Waals surface area contributed by atoms with E-state index in [1.165, 1.54) is 5.56 Å². The van der Waals surface area contributed by atoms with Gasteiger partial charge >= 0.3 is 5.69 Å². The van der Waals surface area contributed by atoms with Crippen molar-refractivity contribution in [2.24, 2.45) is 0 Å². The number of nitrogens with zero attached hydrogens (tertiary/aromatic N) is 2. The lowest BCUT2D eigenvalue weighted by Gasteiger charge is -2.12. The van der Waals surface area contributed by atoms with Crippen molar-refractivity contribution < 1.29 is 0 Å². The van der Waals surface area contributed by atoms with E-state index in [1.54, 1.807) is 0 Å². The lowest BCUT2D eigenvalue weighted by molar-refractivity contribution is 0.392. The Hall–Kier alpha value is -1.55. The number of aromatic amines is 1. The van der Waals surface area contributed by atoms with Crippen LogP contribution in [-0.4, -0.2) is 34.6 Å². The topological polar surface area (TPSA) is 41.0 Å². The summed E-state index contributed by atoms with van der Waals surface area (Å²) in [6, 6.07) is 6.42. The molecule has 17 heavy (non-hydrogen) atoms. The number of likely N-dealkylation sites (N-methyl/N-ethyl adjacent to an activating group) is 1. The zero-order valence-corrected chi connectivity index (χ0v) is 10.2. The van der Waals surface area contributed by atoms with Gasteiger partial charge in [-0.05, 0) is 44.6 Å². The van der Waals surface area contributed by atoms with Crippen molar-refractivity contribution in [3.8, 4) is 0 Å². The van der Waals surface area contributed by atoms with Crippen molar-refractivity contribution in [2.75, 3.05) is 20.1 Å². The second-order valence-electron chi connectivity index (χ2n) is 5.03. The molecule has 1 aliphatic rings. The van der Waals surface area contributed by atoms with E-state index < -0.39 is 0 Å². The molecular formula is C13H17N3O. The van der Waals surface area contributed by atoms with Crippen LogP contribution in [0.1, 0.15) is 18.0 Å². The van der Waals surface area contributed by atoms with E-state index in [-0.39, 0.29) is 5.69 Å². The average Bonchev–Trinajstić information content (AvgIpc) is 2.81. The maximum absolute atomic E-state index is 12.0. The van der Waals surface area contributed by atoms with Crippen LogP contribution in [0.15, 0.2) is 23.0 Å². The first-order valence-electron chi connectivity index (χ1n) is 6.04. The number of imidazole rings is 1. The third-order valence-corrected chi connectivity index (χ3v) is 3.60. The molecule has 4 heteroatoms. The van der Waals surface area contributed by atoms with Gasteiger partial charge in [0.05, 0.1) is 17.1 Å². The summed E-state index contributed by atoms with van der Waals surface area (Å²) in [6.07, 6.45) is 1.05. The van der Waals surface area contributed by atoms with Crippen molar-refractivity contribution in [1.82, 2.24) is 14.5 Å². The monoisotopic (exact) mass is 231 g/mol. The van der Waals surface area contributed by atoms with Gasteiger partial charge in [0.15, 0.2) is 0 Å². The summed E-state index contributed by atoms with van der Waals surface area (Å²) < 4.78 is 1.92. The fourth-order valence-electron chi connectivity index (χ4n) is 2.72. The largest absolute Gasteiger partial charge is 0.326 e. The number of H-pyrrole nitrogens is 1. The van der Waals surface area contributed by atoms with E-state index >= 15 is 0 Å². The molecule has 1 aromatic carbocycles. The van der Waals surface area contributed by atoms with E-state index in [4.69, 9.17) is 0 Å². The molecule has 2 heterocycles. The molecule has 1 N–H and O–H groups in total. The number of nitrogens with one attached hydrogen (secondary N) is 1. The van der Waals surface area contributed by atoms with Crippen molar-refractivity contribution in [3.63, 3.8) is 0 Å². The molecular weight excluding hydrogens is 214 g/mol. The molecule has 1 aromatic heterocycles. The summed E-state index contributed by atoms with van der Waals surface area (Å²) in [5, 5.41) is 0. The number of hydrogen-bond donors (Lipinski definition) is 1. The molecule has 3 rings (SSSR count). The minimum absolute atomic E-state index is 0.0194. The predicted molar refractivity (Wildman–Crippen MR) is 68.4 cm³/mol. The predicted octanol–water partition coefficient (Wildman–Crippen LogP) is 1.51. The lowest BCUT2D eigenvalue weighted by Crippen LogP contribution is -2.24. The standard InChI is InChI=1S/C13H17N3O/c1-9-3-4-11-12(7-9)16(13(17)14-11)10-5-6-15(2)8-10/h3-4,7,10H,5-6,8H2,1-2H3,(H,14,17).